The smallest absolute Gasteiger partial charge is 0.0602 e. The zero-order chi connectivity index (χ0) is 11.1. The van der Waals surface area contributed by atoms with Crippen molar-refractivity contribution in [3.05, 3.63) is 30.3 Å². The number of unbranched alkanes of at least 4 members (excludes halogenated alkanes) is 1. The number of hydrogen-bond acceptors (Lipinski definition) is 2. The summed E-state index contributed by atoms with van der Waals surface area (Å²) in [5.74, 6) is 1.27. The Bertz CT molecular complexity index is 267. The molecule has 0 fully saturated rings. The van der Waals surface area contributed by atoms with E-state index < -0.39 is 0 Å². The van der Waals surface area contributed by atoms with E-state index in [-0.39, 0.29) is 4.08 Å². The molecule has 0 aliphatic carbocycles. The monoisotopic (exact) mass is 240 g/mol. The lowest BCUT2D eigenvalue weighted by molar-refractivity contribution is 0.889. The number of hydrogen-bond donors (Lipinski definition) is 0. The van der Waals surface area contributed by atoms with Crippen molar-refractivity contribution in [2.75, 3.05) is 5.75 Å². The molecular formula is C13H20S2. The van der Waals surface area contributed by atoms with Crippen molar-refractivity contribution in [1.82, 2.24) is 0 Å². The van der Waals surface area contributed by atoms with E-state index in [4.69, 9.17) is 0 Å². The van der Waals surface area contributed by atoms with E-state index in [9.17, 15) is 0 Å². The Balaban J connectivity index is 2.42. The quantitative estimate of drug-likeness (QED) is 0.388. The van der Waals surface area contributed by atoms with Gasteiger partial charge in [-0.05, 0) is 38.2 Å². The van der Waals surface area contributed by atoms with Crippen molar-refractivity contribution in [2.45, 2.75) is 42.6 Å². The molecule has 0 bridgehead atoms. The van der Waals surface area contributed by atoms with Crippen LogP contribution in [-0.4, -0.2) is 9.83 Å². The van der Waals surface area contributed by atoms with Gasteiger partial charge >= 0.3 is 0 Å². The first-order valence-corrected chi connectivity index (χ1v) is 7.32. The second-order valence-corrected chi connectivity index (χ2v) is 7.69. The zero-order valence-electron chi connectivity index (χ0n) is 9.82. The molecule has 0 aromatic heterocycles. The highest BCUT2D eigenvalue weighted by atomic mass is 32.2. The van der Waals surface area contributed by atoms with Gasteiger partial charge in [-0.2, -0.15) is 0 Å². The summed E-state index contributed by atoms with van der Waals surface area (Å²) in [5, 5.41) is 0. The molecule has 15 heavy (non-hydrogen) atoms. The predicted octanol–water partition coefficient (Wildman–Crippen LogP) is 5.05. The fourth-order valence-corrected chi connectivity index (χ4v) is 3.82. The van der Waals surface area contributed by atoms with Gasteiger partial charge in [0.15, 0.2) is 0 Å². The maximum Gasteiger partial charge on any atom is 0.0602 e. The maximum atomic E-state index is 2.31. The van der Waals surface area contributed by atoms with E-state index in [2.05, 4.69) is 62.9 Å². The summed E-state index contributed by atoms with van der Waals surface area (Å²) in [7, 11) is 0. The Morgan fingerprint density at radius 3 is 2.40 bits per heavy atom. The van der Waals surface area contributed by atoms with Gasteiger partial charge in [0.25, 0.3) is 0 Å². The molecule has 0 radical (unpaired) electrons. The fourth-order valence-electron chi connectivity index (χ4n) is 1.26. The normalized spacial score (nSPS) is 11.7. The first-order valence-electron chi connectivity index (χ1n) is 5.52. The van der Waals surface area contributed by atoms with Crippen molar-refractivity contribution in [2.24, 2.45) is 0 Å². The van der Waals surface area contributed by atoms with E-state index in [0.717, 1.165) is 0 Å². The Labute approximate surface area is 102 Å². The van der Waals surface area contributed by atoms with Gasteiger partial charge < -0.3 is 0 Å². The Kier molecular flexibility index (Phi) is 5.62. The van der Waals surface area contributed by atoms with Crippen molar-refractivity contribution < 1.29 is 0 Å². The van der Waals surface area contributed by atoms with Crippen LogP contribution in [0.1, 0.15) is 33.6 Å². The largest absolute Gasteiger partial charge is 0.144 e. The van der Waals surface area contributed by atoms with Crippen LogP contribution in [0.15, 0.2) is 35.2 Å². The van der Waals surface area contributed by atoms with Crippen LogP contribution in [0.25, 0.3) is 0 Å². The molecule has 0 N–H and O–H groups in total. The highest BCUT2D eigenvalue weighted by Crippen LogP contribution is 2.41. The molecule has 0 aliphatic rings. The molecule has 0 spiro atoms. The second kappa shape index (κ2) is 6.49. The van der Waals surface area contributed by atoms with Gasteiger partial charge in [0.2, 0.25) is 0 Å². The van der Waals surface area contributed by atoms with Crippen LogP contribution >= 0.6 is 23.5 Å². The summed E-state index contributed by atoms with van der Waals surface area (Å²) in [4.78, 5) is 1.37. The highest BCUT2D eigenvalue weighted by Gasteiger charge is 2.19. The molecule has 0 saturated carbocycles. The van der Waals surface area contributed by atoms with Crippen LogP contribution < -0.4 is 0 Å². The molecule has 0 amide bonds. The summed E-state index contributed by atoms with van der Waals surface area (Å²) >= 11 is 4.02. The molecule has 1 aromatic carbocycles. The van der Waals surface area contributed by atoms with Gasteiger partial charge in [0, 0.05) is 4.90 Å². The Morgan fingerprint density at radius 2 is 1.80 bits per heavy atom. The molecule has 0 heterocycles. The summed E-state index contributed by atoms with van der Waals surface area (Å²) in [6.45, 7) is 6.87. The molecule has 84 valence electrons. The van der Waals surface area contributed by atoms with Gasteiger partial charge in [-0.1, -0.05) is 31.5 Å². The number of thioether (sulfide) groups is 2. The van der Waals surface area contributed by atoms with Crippen LogP contribution in [0.2, 0.25) is 0 Å². The van der Waals surface area contributed by atoms with Gasteiger partial charge in [-0.15, -0.1) is 23.5 Å². The van der Waals surface area contributed by atoms with Crippen LogP contribution in [0, 0.1) is 0 Å². The Hall–Kier alpha value is -0.0800. The van der Waals surface area contributed by atoms with Crippen molar-refractivity contribution in [3.63, 3.8) is 0 Å². The van der Waals surface area contributed by atoms with Gasteiger partial charge in [0.1, 0.15) is 0 Å². The third kappa shape index (κ3) is 5.53. The minimum Gasteiger partial charge on any atom is -0.144 e. The third-order valence-corrected chi connectivity index (χ3v) is 4.85. The van der Waals surface area contributed by atoms with Crippen LogP contribution in [0.3, 0.4) is 0 Å². The average molecular weight is 240 g/mol. The standard InChI is InChI=1S/C13H20S2/c1-4-5-11-14-13(2,3)15-12-9-7-6-8-10-12/h6-10H,4-5,11H2,1-3H3. The summed E-state index contributed by atoms with van der Waals surface area (Å²) in [5.41, 5.74) is 0. The number of rotatable bonds is 6. The molecule has 0 aliphatic heterocycles. The molecule has 0 unspecified atom stereocenters. The first-order chi connectivity index (χ1) is 7.14. The fraction of sp³-hybridized carbons (Fsp3) is 0.538. The van der Waals surface area contributed by atoms with Crippen LogP contribution in [0.4, 0.5) is 0 Å². The van der Waals surface area contributed by atoms with E-state index in [0.29, 0.717) is 0 Å². The summed E-state index contributed by atoms with van der Waals surface area (Å²) in [6, 6.07) is 10.7. The van der Waals surface area contributed by atoms with E-state index >= 15 is 0 Å². The first kappa shape index (κ1) is 13.0. The van der Waals surface area contributed by atoms with Crippen LogP contribution in [-0.2, 0) is 0 Å². The van der Waals surface area contributed by atoms with Crippen LogP contribution in [0.5, 0.6) is 0 Å². The van der Waals surface area contributed by atoms with E-state index in [1.807, 2.05) is 11.8 Å². The summed E-state index contributed by atoms with van der Waals surface area (Å²) < 4.78 is 0.288. The predicted molar refractivity (Wildman–Crippen MR) is 73.7 cm³/mol. The van der Waals surface area contributed by atoms with Crippen molar-refractivity contribution >= 4 is 23.5 Å². The third-order valence-electron chi connectivity index (χ3n) is 2.05. The molecule has 1 aromatic rings. The van der Waals surface area contributed by atoms with Gasteiger partial charge in [-0.3, -0.25) is 0 Å². The molecule has 0 nitrogen and oxygen atoms in total. The highest BCUT2D eigenvalue weighted by molar-refractivity contribution is 8.18. The minimum absolute atomic E-state index is 0.288. The second-order valence-electron chi connectivity index (χ2n) is 4.02. The minimum atomic E-state index is 0.288. The maximum absolute atomic E-state index is 2.31. The van der Waals surface area contributed by atoms with Crippen molar-refractivity contribution in [3.8, 4) is 0 Å². The van der Waals surface area contributed by atoms with Crippen molar-refractivity contribution in [1.29, 1.82) is 0 Å². The Morgan fingerprint density at radius 1 is 1.13 bits per heavy atom. The van der Waals surface area contributed by atoms with Gasteiger partial charge in [-0.25, -0.2) is 0 Å². The van der Waals surface area contributed by atoms with E-state index in [1.165, 1.54) is 23.5 Å². The van der Waals surface area contributed by atoms with Gasteiger partial charge in [0.05, 0.1) is 4.08 Å². The lowest BCUT2D eigenvalue weighted by atomic mass is 10.4. The SMILES string of the molecule is CCCCSC(C)(C)Sc1ccccc1. The lowest BCUT2D eigenvalue weighted by Crippen LogP contribution is -2.09. The van der Waals surface area contributed by atoms with E-state index in [1.54, 1.807) is 0 Å². The number of benzene rings is 1. The molecule has 0 saturated heterocycles. The molecule has 0 atom stereocenters. The molecular weight excluding hydrogens is 220 g/mol. The summed E-state index contributed by atoms with van der Waals surface area (Å²) in [6.07, 6.45) is 2.61. The topological polar surface area (TPSA) is 0 Å². The molecule has 2 heteroatoms. The zero-order valence-corrected chi connectivity index (χ0v) is 11.5. The average Bonchev–Trinajstić information content (AvgIpc) is 2.18. The lowest BCUT2D eigenvalue weighted by Gasteiger charge is -2.23. The molecule has 1 rings (SSSR count).